The van der Waals surface area contributed by atoms with E-state index in [1.54, 1.807) is 6.92 Å². The van der Waals surface area contributed by atoms with Gasteiger partial charge in [0, 0.05) is 14.8 Å². The largest absolute Gasteiger partial charge is 0.295 e. The van der Waals surface area contributed by atoms with E-state index in [9.17, 15) is 4.79 Å². The van der Waals surface area contributed by atoms with Crippen LogP contribution in [0.3, 0.4) is 0 Å². The van der Waals surface area contributed by atoms with Crippen molar-refractivity contribution in [1.29, 1.82) is 5.16 Å². The Morgan fingerprint density at radius 1 is 1.78 bits per heavy atom. The zero-order valence-corrected chi connectivity index (χ0v) is 6.53. The minimum Gasteiger partial charge on any atom is -0.295 e. The lowest BCUT2D eigenvalue weighted by Gasteiger charge is -1.85. The molecule has 0 aliphatic heterocycles. The molecule has 0 aromatic rings. The Bertz CT molecular complexity index is 151. The second-order valence-electron chi connectivity index (χ2n) is 1.72. The van der Waals surface area contributed by atoms with Gasteiger partial charge in [0.2, 0.25) is 0 Å². The van der Waals surface area contributed by atoms with Gasteiger partial charge in [0.05, 0.1) is 0 Å². The molecule has 0 saturated heterocycles. The third-order valence-electron chi connectivity index (χ3n) is 0.895. The molecule has 0 radical (unpaired) electrons. The number of allylic oxidation sites excluding steroid dienone is 2. The third-order valence-corrected chi connectivity index (χ3v) is 1.38. The van der Waals surface area contributed by atoms with Gasteiger partial charge in [-0.2, -0.15) is 0 Å². The Kier molecular flexibility index (Phi) is 4.16. The maximum absolute atomic E-state index is 10.6. The van der Waals surface area contributed by atoms with Crippen LogP contribution in [0, 0.1) is 5.16 Å². The molecule has 1 N–H and O–H groups in total. The summed E-state index contributed by atoms with van der Waals surface area (Å²) in [6.07, 6.45) is 2.06. The second kappa shape index (κ2) is 4.39. The molecule has 2 nitrogen and oxygen atoms in total. The van der Waals surface area contributed by atoms with Crippen LogP contribution in [0.15, 0.2) is 11.4 Å². The van der Waals surface area contributed by atoms with E-state index < -0.39 is 0 Å². The Morgan fingerprint density at radius 2 is 2.33 bits per heavy atom. The van der Waals surface area contributed by atoms with Crippen LogP contribution in [0.4, 0.5) is 0 Å². The molecule has 50 valence electrons. The maximum Gasteiger partial charge on any atom is 0.156 e. The molecule has 0 bridgehead atoms. The Labute approximate surface area is 56.6 Å². The van der Waals surface area contributed by atoms with Crippen molar-refractivity contribution in [2.75, 3.05) is 0 Å². The molecule has 0 atom stereocenters. The van der Waals surface area contributed by atoms with E-state index in [1.807, 2.05) is 6.92 Å². The highest BCUT2D eigenvalue weighted by molar-refractivity contribution is 7.30. The summed E-state index contributed by atoms with van der Waals surface area (Å²) in [6.45, 7) is 3.59. The van der Waals surface area contributed by atoms with Gasteiger partial charge in [-0.05, 0) is 18.3 Å². The molecule has 0 saturated carbocycles. The lowest BCUT2D eigenvalue weighted by molar-refractivity contribution is -0.114. The summed E-state index contributed by atoms with van der Waals surface area (Å²) in [7, 11) is 0.438. The summed E-state index contributed by atoms with van der Waals surface area (Å²) in [6, 6.07) is 0. The molecule has 3 heteroatoms. The molecule has 0 aromatic carbocycles. The Hall–Kier alpha value is -0.490. The topological polar surface area (TPSA) is 40.9 Å². The van der Waals surface area contributed by atoms with Gasteiger partial charge < -0.3 is 0 Å². The van der Waals surface area contributed by atoms with Gasteiger partial charge in [-0.1, -0.05) is 6.92 Å². The van der Waals surface area contributed by atoms with E-state index in [4.69, 9.17) is 5.16 Å². The zero-order valence-electron chi connectivity index (χ0n) is 5.64. The lowest BCUT2D eigenvalue weighted by atomic mass is 10.3. The van der Waals surface area contributed by atoms with Gasteiger partial charge in [0.15, 0.2) is 5.78 Å². The van der Waals surface area contributed by atoms with Crippen molar-refractivity contribution < 1.29 is 4.79 Å². The first-order valence-corrected chi connectivity index (χ1v) is 3.68. The van der Waals surface area contributed by atoms with E-state index in [1.165, 1.54) is 6.08 Å². The second-order valence-corrected chi connectivity index (χ2v) is 2.65. The fourth-order valence-electron chi connectivity index (χ4n) is 0.367. The number of hydrogen-bond acceptors (Lipinski definition) is 2. The highest BCUT2D eigenvalue weighted by Crippen LogP contribution is 2.09. The summed E-state index contributed by atoms with van der Waals surface area (Å²) in [4.78, 5) is 10.6. The van der Waals surface area contributed by atoms with Gasteiger partial charge in [-0.3, -0.25) is 9.96 Å². The molecular formula is C6H10NOP. The summed E-state index contributed by atoms with van der Waals surface area (Å²) in [5.74, 6) is 0.104. The fraction of sp³-hybridized carbons (Fsp3) is 0.500. The Morgan fingerprint density at radius 3 is 2.67 bits per heavy atom. The summed E-state index contributed by atoms with van der Waals surface area (Å²) in [5, 5.41) is 7.64. The van der Waals surface area contributed by atoms with Gasteiger partial charge in [-0.15, -0.1) is 0 Å². The van der Waals surface area contributed by atoms with Gasteiger partial charge in [-0.25, -0.2) is 0 Å². The molecule has 0 unspecified atom stereocenters. The molecule has 0 aromatic heterocycles. The van der Waals surface area contributed by atoms with Crippen LogP contribution < -0.4 is 0 Å². The predicted molar refractivity (Wildman–Crippen MR) is 38.7 cm³/mol. The molecular weight excluding hydrogens is 133 g/mol. The summed E-state index contributed by atoms with van der Waals surface area (Å²) < 4.78 is 0. The SMILES string of the molecule is CCC(=O)/C=C(\C)P=N. The fourth-order valence-corrected chi connectivity index (χ4v) is 0.576. The van der Waals surface area contributed by atoms with E-state index in [0.717, 1.165) is 5.31 Å². The number of carbonyl (C=O) groups excluding carboxylic acids is 1. The van der Waals surface area contributed by atoms with Crippen molar-refractivity contribution in [1.82, 2.24) is 0 Å². The summed E-state index contributed by atoms with van der Waals surface area (Å²) >= 11 is 0. The predicted octanol–water partition coefficient (Wildman–Crippen LogP) is 2.58. The Balaban J connectivity index is 3.94. The minimum absolute atomic E-state index is 0.104. The average Bonchev–Trinajstić information content (AvgIpc) is 1.87. The van der Waals surface area contributed by atoms with E-state index in [0.29, 0.717) is 14.8 Å². The van der Waals surface area contributed by atoms with Gasteiger partial charge in [0.25, 0.3) is 0 Å². The maximum atomic E-state index is 10.6. The number of nitrogens with one attached hydrogen (secondary N) is 1. The molecule has 0 fully saturated rings. The molecule has 0 heterocycles. The van der Waals surface area contributed by atoms with Crippen molar-refractivity contribution in [2.24, 2.45) is 0 Å². The first kappa shape index (κ1) is 8.51. The monoisotopic (exact) mass is 143 g/mol. The number of ketones is 1. The van der Waals surface area contributed by atoms with Gasteiger partial charge in [0.1, 0.15) is 0 Å². The van der Waals surface area contributed by atoms with Crippen LogP contribution in [0.2, 0.25) is 0 Å². The molecule has 0 amide bonds. The van der Waals surface area contributed by atoms with E-state index in [-0.39, 0.29) is 5.78 Å². The number of carbonyl (C=O) groups is 1. The van der Waals surface area contributed by atoms with Crippen LogP contribution in [-0.2, 0) is 4.79 Å². The summed E-state index contributed by atoms with van der Waals surface area (Å²) in [5.41, 5.74) is 0. The molecule has 0 rings (SSSR count). The standard InChI is InChI=1S/C6H10NOP/c1-3-6(8)4-5(2)9-7/h4,7H,3H2,1-2H3/b5-4+. The first-order valence-electron chi connectivity index (χ1n) is 2.79. The smallest absolute Gasteiger partial charge is 0.156 e. The number of hydrogen-bond donors (Lipinski definition) is 1. The van der Waals surface area contributed by atoms with Crippen LogP contribution in [0.25, 0.3) is 0 Å². The van der Waals surface area contributed by atoms with E-state index in [2.05, 4.69) is 0 Å². The van der Waals surface area contributed by atoms with Crippen LogP contribution >= 0.6 is 8.37 Å². The molecule has 0 aliphatic rings. The van der Waals surface area contributed by atoms with E-state index >= 15 is 0 Å². The zero-order chi connectivity index (χ0) is 7.28. The van der Waals surface area contributed by atoms with Crippen LogP contribution in [0.5, 0.6) is 0 Å². The number of rotatable bonds is 3. The van der Waals surface area contributed by atoms with Crippen molar-refractivity contribution in [3.05, 3.63) is 11.4 Å². The normalized spacial score (nSPS) is 12.0. The van der Waals surface area contributed by atoms with Crippen LogP contribution in [0.1, 0.15) is 20.3 Å². The molecule has 0 aliphatic carbocycles. The quantitative estimate of drug-likeness (QED) is 0.478. The van der Waals surface area contributed by atoms with Crippen molar-refractivity contribution >= 4 is 14.2 Å². The lowest BCUT2D eigenvalue weighted by Crippen LogP contribution is -1.87. The van der Waals surface area contributed by atoms with Crippen molar-refractivity contribution in [3.8, 4) is 0 Å². The average molecular weight is 143 g/mol. The highest BCUT2D eigenvalue weighted by atomic mass is 31.1. The van der Waals surface area contributed by atoms with Gasteiger partial charge >= 0.3 is 0 Å². The third kappa shape index (κ3) is 4.04. The highest BCUT2D eigenvalue weighted by Gasteiger charge is 1.90. The molecule has 9 heavy (non-hydrogen) atoms. The molecule has 0 spiro atoms. The minimum atomic E-state index is 0.104. The van der Waals surface area contributed by atoms with Crippen molar-refractivity contribution in [3.63, 3.8) is 0 Å². The van der Waals surface area contributed by atoms with Crippen LogP contribution in [-0.4, -0.2) is 5.78 Å². The first-order chi connectivity index (χ1) is 4.20. The van der Waals surface area contributed by atoms with Crippen molar-refractivity contribution in [2.45, 2.75) is 20.3 Å².